The average Bonchev–Trinajstić information content (AvgIpc) is 2.79. The van der Waals surface area contributed by atoms with Gasteiger partial charge in [0.25, 0.3) is 5.91 Å². The topological polar surface area (TPSA) is 99.8 Å². The highest BCUT2D eigenvalue weighted by atomic mass is 16.5. The quantitative estimate of drug-likeness (QED) is 0.605. The van der Waals surface area contributed by atoms with Gasteiger partial charge in [0.15, 0.2) is 0 Å². The van der Waals surface area contributed by atoms with Gasteiger partial charge >= 0.3 is 0 Å². The summed E-state index contributed by atoms with van der Waals surface area (Å²) in [5.41, 5.74) is 2.71. The highest BCUT2D eigenvalue weighted by molar-refractivity contribution is 5.97. The van der Waals surface area contributed by atoms with Crippen LogP contribution in [-0.4, -0.2) is 55.5 Å². The molecule has 1 saturated heterocycles. The van der Waals surface area contributed by atoms with Crippen LogP contribution in [0.1, 0.15) is 30.1 Å². The molecular weight excluding hydrogens is 396 g/mol. The number of amides is 3. The molecule has 8 heteroatoms. The van der Waals surface area contributed by atoms with Crippen LogP contribution in [0.5, 0.6) is 0 Å². The fourth-order valence-electron chi connectivity index (χ4n) is 3.15. The van der Waals surface area contributed by atoms with Gasteiger partial charge in [-0.25, -0.2) is 0 Å². The monoisotopic (exact) mass is 424 g/mol. The van der Waals surface area contributed by atoms with Crippen LogP contribution in [0.25, 0.3) is 0 Å². The third-order valence-corrected chi connectivity index (χ3v) is 4.81. The van der Waals surface area contributed by atoms with Crippen LogP contribution in [-0.2, 0) is 14.3 Å². The molecule has 164 valence electrons. The molecule has 31 heavy (non-hydrogen) atoms. The van der Waals surface area contributed by atoms with Gasteiger partial charge in [0.05, 0.1) is 19.8 Å². The summed E-state index contributed by atoms with van der Waals surface area (Å²) in [6.45, 7) is 4.35. The second-order valence-corrected chi connectivity index (χ2v) is 7.26. The molecule has 0 spiro atoms. The van der Waals surface area contributed by atoms with Crippen molar-refractivity contribution in [3.8, 4) is 0 Å². The predicted octanol–water partition coefficient (Wildman–Crippen LogP) is 2.95. The summed E-state index contributed by atoms with van der Waals surface area (Å²) in [6, 6.07) is 14.1. The van der Waals surface area contributed by atoms with Crippen molar-refractivity contribution in [2.45, 2.75) is 19.8 Å². The number of morpholine rings is 1. The fraction of sp³-hybridized carbons (Fsp3) is 0.348. The Kier molecular flexibility index (Phi) is 8.00. The number of carbonyl (C=O) groups excluding carboxylic acids is 3. The van der Waals surface area contributed by atoms with E-state index in [4.69, 9.17) is 4.74 Å². The lowest BCUT2D eigenvalue weighted by atomic mass is 10.1. The lowest BCUT2D eigenvalue weighted by Gasteiger charge is -2.26. The molecule has 2 aromatic carbocycles. The molecule has 1 heterocycles. The maximum atomic E-state index is 12.5. The number of benzene rings is 2. The number of hydrogen-bond donors (Lipinski definition) is 3. The molecule has 8 nitrogen and oxygen atoms in total. The maximum absolute atomic E-state index is 12.5. The van der Waals surface area contributed by atoms with Crippen LogP contribution in [0.4, 0.5) is 17.1 Å². The second-order valence-electron chi connectivity index (χ2n) is 7.26. The Hall–Kier alpha value is -3.39. The third kappa shape index (κ3) is 6.82. The number of nitrogens with zero attached hydrogens (tertiary/aromatic N) is 1. The van der Waals surface area contributed by atoms with Crippen molar-refractivity contribution in [3.05, 3.63) is 54.1 Å². The lowest BCUT2D eigenvalue weighted by molar-refractivity contribution is -0.116. The van der Waals surface area contributed by atoms with Gasteiger partial charge in [0, 0.05) is 42.1 Å². The number of anilines is 3. The Morgan fingerprint density at radius 3 is 2.00 bits per heavy atom. The van der Waals surface area contributed by atoms with E-state index in [1.165, 1.54) is 0 Å². The Balaban J connectivity index is 1.45. The Bertz CT molecular complexity index is 891. The van der Waals surface area contributed by atoms with Crippen LogP contribution in [0.15, 0.2) is 48.5 Å². The molecule has 0 radical (unpaired) electrons. The van der Waals surface area contributed by atoms with Crippen LogP contribution < -0.4 is 16.0 Å². The van der Waals surface area contributed by atoms with E-state index < -0.39 is 0 Å². The Morgan fingerprint density at radius 2 is 1.39 bits per heavy atom. The molecule has 0 bridgehead atoms. The van der Waals surface area contributed by atoms with Gasteiger partial charge in [-0.1, -0.05) is 6.92 Å². The summed E-state index contributed by atoms with van der Waals surface area (Å²) in [5, 5.41) is 8.67. The van der Waals surface area contributed by atoms with Gasteiger partial charge in [-0.3, -0.25) is 14.4 Å². The molecule has 0 aromatic heterocycles. The summed E-state index contributed by atoms with van der Waals surface area (Å²) in [5.74, 6) is -0.245. The van der Waals surface area contributed by atoms with E-state index in [9.17, 15) is 14.4 Å². The molecule has 2 aromatic rings. The molecule has 0 atom stereocenters. The lowest BCUT2D eigenvalue weighted by Crippen LogP contribution is -2.40. The van der Waals surface area contributed by atoms with Crippen molar-refractivity contribution in [1.82, 2.24) is 4.90 Å². The molecular formula is C23H28N4O4. The van der Waals surface area contributed by atoms with Crippen molar-refractivity contribution in [1.29, 1.82) is 0 Å². The van der Waals surface area contributed by atoms with E-state index in [1.807, 2.05) is 6.92 Å². The van der Waals surface area contributed by atoms with Crippen LogP contribution in [0.3, 0.4) is 0 Å². The Morgan fingerprint density at radius 1 is 0.839 bits per heavy atom. The number of rotatable bonds is 8. The molecule has 0 saturated carbocycles. The van der Waals surface area contributed by atoms with Crippen molar-refractivity contribution in [2.24, 2.45) is 0 Å². The molecule has 1 aliphatic rings. The minimum atomic E-state index is -0.201. The summed E-state index contributed by atoms with van der Waals surface area (Å²) >= 11 is 0. The zero-order valence-electron chi connectivity index (χ0n) is 17.6. The first kappa shape index (κ1) is 22.3. The highest BCUT2D eigenvalue weighted by Gasteiger charge is 2.18. The normalized spacial score (nSPS) is 13.4. The first-order valence-corrected chi connectivity index (χ1v) is 10.5. The summed E-state index contributed by atoms with van der Waals surface area (Å²) in [4.78, 5) is 38.1. The van der Waals surface area contributed by atoms with Crippen molar-refractivity contribution >= 4 is 34.8 Å². The predicted molar refractivity (Wildman–Crippen MR) is 120 cm³/mol. The third-order valence-electron chi connectivity index (χ3n) is 4.81. The van der Waals surface area contributed by atoms with Gasteiger partial charge in [0.1, 0.15) is 0 Å². The van der Waals surface area contributed by atoms with E-state index >= 15 is 0 Å². The molecule has 3 N–H and O–H groups in total. The number of ether oxygens (including phenoxy) is 1. The van der Waals surface area contributed by atoms with Gasteiger partial charge in [0.2, 0.25) is 11.8 Å². The minimum Gasteiger partial charge on any atom is -0.378 e. The van der Waals surface area contributed by atoms with Crippen molar-refractivity contribution < 1.29 is 19.1 Å². The maximum Gasteiger partial charge on any atom is 0.254 e. The van der Waals surface area contributed by atoms with Crippen LogP contribution in [0, 0.1) is 0 Å². The van der Waals surface area contributed by atoms with E-state index in [0.29, 0.717) is 44.0 Å². The van der Waals surface area contributed by atoms with E-state index in [-0.39, 0.29) is 24.3 Å². The molecule has 0 aliphatic carbocycles. The van der Waals surface area contributed by atoms with Crippen molar-refractivity contribution in [3.63, 3.8) is 0 Å². The SMILES string of the molecule is CCCC(=O)Nc1ccc(NCC(=O)Nc2ccc(C(=O)N3CCOCC3)cc2)cc1. The van der Waals surface area contributed by atoms with Gasteiger partial charge in [-0.05, 0) is 55.0 Å². The molecule has 3 amide bonds. The first-order valence-electron chi connectivity index (χ1n) is 10.5. The van der Waals surface area contributed by atoms with Gasteiger partial charge in [-0.2, -0.15) is 0 Å². The number of carbonyl (C=O) groups is 3. The minimum absolute atomic E-state index is 0.0137. The van der Waals surface area contributed by atoms with Crippen LogP contribution in [0.2, 0.25) is 0 Å². The zero-order valence-corrected chi connectivity index (χ0v) is 17.6. The highest BCUT2D eigenvalue weighted by Crippen LogP contribution is 2.15. The first-order chi connectivity index (χ1) is 15.0. The number of nitrogens with one attached hydrogen (secondary N) is 3. The molecule has 3 rings (SSSR count). The van der Waals surface area contributed by atoms with Gasteiger partial charge in [-0.15, -0.1) is 0 Å². The van der Waals surface area contributed by atoms with E-state index in [1.54, 1.807) is 53.4 Å². The summed E-state index contributed by atoms with van der Waals surface area (Å²) in [7, 11) is 0. The molecule has 0 unspecified atom stereocenters. The number of hydrogen-bond acceptors (Lipinski definition) is 5. The van der Waals surface area contributed by atoms with Gasteiger partial charge < -0.3 is 25.6 Å². The smallest absolute Gasteiger partial charge is 0.254 e. The van der Waals surface area contributed by atoms with Crippen LogP contribution >= 0.6 is 0 Å². The standard InChI is InChI=1S/C23H28N4O4/c1-2-3-21(28)25-20-10-8-18(9-11-20)24-16-22(29)26-19-6-4-17(5-7-19)23(30)27-12-14-31-15-13-27/h4-11,24H,2-3,12-16H2,1H3,(H,25,28)(H,26,29). The summed E-state index contributed by atoms with van der Waals surface area (Å²) in [6.07, 6.45) is 1.29. The fourth-order valence-corrected chi connectivity index (χ4v) is 3.15. The van der Waals surface area contributed by atoms with E-state index in [0.717, 1.165) is 17.8 Å². The Labute approximate surface area is 182 Å². The van der Waals surface area contributed by atoms with E-state index in [2.05, 4.69) is 16.0 Å². The average molecular weight is 425 g/mol. The second kappa shape index (κ2) is 11.1. The zero-order chi connectivity index (χ0) is 22.1. The summed E-state index contributed by atoms with van der Waals surface area (Å²) < 4.78 is 5.27. The molecule has 1 fully saturated rings. The largest absolute Gasteiger partial charge is 0.378 e. The van der Waals surface area contributed by atoms with Crippen molar-refractivity contribution in [2.75, 3.05) is 48.8 Å². The molecule has 1 aliphatic heterocycles.